The molecule has 0 heterocycles. The molecule has 1 aliphatic carbocycles. The van der Waals surface area contributed by atoms with Crippen LogP contribution in [0.4, 0.5) is 0 Å². The van der Waals surface area contributed by atoms with Crippen molar-refractivity contribution < 1.29 is 5.11 Å². The molecule has 1 saturated carbocycles. The molecule has 1 aliphatic rings. The molecule has 0 saturated heterocycles. The molecule has 1 aromatic carbocycles. The Balaban J connectivity index is 2.25. The van der Waals surface area contributed by atoms with Gasteiger partial charge in [0.15, 0.2) is 0 Å². The van der Waals surface area contributed by atoms with Crippen LogP contribution in [0.15, 0.2) is 22.7 Å². The lowest BCUT2D eigenvalue weighted by molar-refractivity contribution is 0.150. The fourth-order valence-corrected chi connectivity index (χ4v) is 2.19. The van der Waals surface area contributed by atoms with Gasteiger partial charge in [-0.2, -0.15) is 0 Å². The van der Waals surface area contributed by atoms with Crippen LogP contribution in [0, 0.1) is 0 Å². The molecule has 2 rings (SSSR count). The van der Waals surface area contributed by atoms with Crippen LogP contribution in [0.5, 0.6) is 0 Å². The third-order valence-corrected chi connectivity index (χ3v) is 3.39. The Bertz CT molecular complexity index is 342. The van der Waals surface area contributed by atoms with Crippen LogP contribution in [0.3, 0.4) is 0 Å². The van der Waals surface area contributed by atoms with Crippen LogP contribution in [0.1, 0.15) is 30.9 Å². The molecule has 0 radical (unpaired) electrons. The summed E-state index contributed by atoms with van der Waals surface area (Å²) in [7, 11) is 0. The first-order chi connectivity index (χ1) is 6.63. The molecule has 1 aromatic rings. The Morgan fingerprint density at radius 2 is 2.07 bits per heavy atom. The Labute approximate surface area is 93.3 Å². The van der Waals surface area contributed by atoms with Crippen molar-refractivity contribution in [2.75, 3.05) is 0 Å². The van der Waals surface area contributed by atoms with E-state index in [0.717, 1.165) is 30.2 Å². The zero-order valence-corrected chi connectivity index (χ0v) is 9.97. The molecule has 0 aromatic heterocycles. The molecule has 0 atom stereocenters. The zero-order valence-electron chi connectivity index (χ0n) is 8.39. The van der Waals surface area contributed by atoms with Gasteiger partial charge in [-0.05, 0) is 42.5 Å². The summed E-state index contributed by atoms with van der Waals surface area (Å²) in [6, 6.07) is 6.35. The second-order valence-electron chi connectivity index (χ2n) is 4.17. The fraction of sp³-hybridized carbons (Fsp3) is 0.500. The largest absolute Gasteiger partial charge is 0.390 e. The number of hydrogen-bond donors (Lipinski definition) is 1. The maximum Gasteiger partial charge on any atom is 0.0690 e. The van der Waals surface area contributed by atoms with Crippen LogP contribution in [0.2, 0.25) is 0 Å². The van der Waals surface area contributed by atoms with Crippen molar-refractivity contribution >= 4 is 15.9 Å². The van der Waals surface area contributed by atoms with Gasteiger partial charge in [0.25, 0.3) is 0 Å². The van der Waals surface area contributed by atoms with Crippen LogP contribution < -0.4 is 0 Å². The number of benzene rings is 1. The highest BCUT2D eigenvalue weighted by Gasteiger charge is 2.40. The van der Waals surface area contributed by atoms with Gasteiger partial charge >= 0.3 is 0 Å². The molecule has 1 N–H and O–H groups in total. The van der Waals surface area contributed by atoms with E-state index in [1.54, 1.807) is 0 Å². The van der Waals surface area contributed by atoms with Gasteiger partial charge in [0.1, 0.15) is 0 Å². The van der Waals surface area contributed by atoms with Gasteiger partial charge in [0.05, 0.1) is 5.60 Å². The van der Waals surface area contributed by atoms with Crippen molar-refractivity contribution in [2.24, 2.45) is 0 Å². The van der Waals surface area contributed by atoms with Crippen molar-refractivity contribution in [2.45, 2.75) is 38.2 Å². The molecule has 14 heavy (non-hydrogen) atoms. The van der Waals surface area contributed by atoms with E-state index in [1.165, 1.54) is 11.1 Å². The van der Waals surface area contributed by atoms with E-state index < -0.39 is 0 Å². The van der Waals surface area contributed by atoms with Crippen LogP contribution in [0.25, 0.3) is 0 Å². The van der Waals surface area contributed by atoms with E-state index in [1.807, 2.05) is 0 Å². The van der Waals surface area contributed by atoms with Gasteiger partial charge in [-0.3, -0.25) is 0 Å². The lowest BCUT2D eigenvalue weighted by Crippen LogP contribution is -2.12. The molecule has 0 spiro atoms. The number of halogens is 1. The van der Waals surface area contributed by atoms with Crippen LogP contribution >= 0.6 is 15.9 Å². The molecule has 0 unspecified atom stereocenters. The van der Waals surface area contributed by atoms with Gasteiger partial charge < -0.3 is 5.11 Å². The van der Waals surface area contributed by atoms with Gasteiger partial charge in [-0.15, -0.1) is 0 Å². The quantitative estimate of drug-likeness (QED) is 0.880. The van der Waals surface area contributed by atoms with Crippen molar-refractivity contribution in [1.29, 1.82) is 0 Å². The molecule has 0 aliphatic heterocycles. The molecule has 0 bridgehead atoms. The van der Waals surface area contributed by atoms with Crippen LogP contribution in [-0.2, 0) is 12.8 Å². The van der Waals surface area contributed by atoms with E-state index in [2.05, 4.69) is 41.1 Å². The Morgan fingerprint density at radius 3 is 2.64 bits per heavy atom. The highest BCUT2D eigenvalue weighted by molar-refractivity contribution is 9.10. The SMILES string of the molecule is CCc1ccc(Br)cc1CC1(O)CC1. The van der Waals surface area contributed by atoms with E-state index >= 15 is 0 Å². The zero-order chi connectivity index (χ0) is 10.2. The van der Waals surface area contributed by atoms with Crippen molar-refractivity contribution in [3.8, 4) is 0 Å². The summed E-state index contributed by atoms with van der Waals surface area (Å²) in [6.07, 6.45) is 3.78. The smallest absolute Gasteiger partial charge is 0.0690 e. The van der Waals surface area contributed by atoms with Crippen LogP contribution in [-0.4, -0.2) is 10.7 Å². The lowest BCUT2D eigenvalue weighted by Gasteiger charge is -2.12. The number of rotatable bonds is 3. The highest BCUT2D eigenvalue weighted by Crippen LogP contribution is 2.39. The second kappa shape index (κ2) is 3.67. The Kier molecular flexibility index (Phi) is 2.67. The third-order valence-electron chi connectivity index (χ3n) is 2.90. The minimum atomic E-state index is -0.384. The number of hydrogen-bond acceptors (Lipinski definition) is 1. The van der Waals surface area contributed by atoms with Gasteiger partial charge in [-0.25, -0.2) is 0 Å². The summed E-state index contributed by atoms with van der Waals surface area (Å²) in [5.74, 6) is 0. The first kappa shape index (κ1) is 10.2. The minimum absolute atomic E-state index is 0.384. The number of aryl methyl sites for hydroxylation is 1. The van der Waals surface area contributed by atoms with Gasteiger partial charge in [0.2, 0.25) is 0 Å². The van der Waals surface area contributed by atoms with E-state index in [-0.39, 0.29) is 5.60 Å². The lowest BCUT2D eigenvalue weighted by atomic mass is 9.99. The molecular formula is C12H15BrO. The summed E-state index contributed by atoms with van der Waals surface area (Å²) in [4.78, 5) is 0. The van der Waals surface area contributed by atoms with E-state index in [0.29, 0.717) is 0 Å². The maximum atomic E-state index is 9.88. The van der Waals surface area contributed by atoms with Gasteiger partial charge in [-0.1, -0.05) is 28.9 Å². The molecule has 2 heteroatoms. The summed E-state index contributed by atoms with van der Waals surface area (Å²) in [6.45, 7) is 2.16. The van der Waals surface area contributed by atoms with E-state index in [9.17, 15) is 5.11 Å². The Hall–Kier alpha value is -0.340. The normalized spacial score (nSPS) is 18.2. The van der Waals surface area contributed by atoms with Crippen molar-refractivity contribution in [3.63, 3.8) is 0 Å². The highest BCUT2D eigenvalue weighted by atomic mass is 79.9. The average Bonchev–Trinajstić information content (AvgIpc) is 2.84. The molecule has 76 valence electrons. The average molecular weight is 255 g/mol. The summed E-state index contributed by atoms with van der Waals surface area (Å²) >= 11 is 3.47. The van der Waals surface area contributed by atoms with Crippen molar-refractivity contribution in [1.82, 2.24) is 0 Å². The molecule has 0 amide bonds. The standard InChI is InChI=1S/C12H15BrO/c1-2-9-3-4-11(13)7-10(9)8-12(14)5-6-12/h3-4,7,14H,2,5-6,8H2,1H3. The minimum Gasteiger partial charge on any atom is -0.390 e. The topological polar surface area (TPSA) is 20.2 Å². The van der Waals surface area contributed by atoms with E-state index in [4.69, 9.17) is 0 Å². The monoisotopic (exact) mass is 254 g/mol. The predicted octanol–water partition coefficient (Wildman–Crippen LogP) is 3.08. The fourth-order valence-electron chi connectivity index (χ4n) is 1.78. The second-order valence-corrected chi connectivity index (χ2v) is 5.08. The molecular weight excluding hydrogens is 240 g/mol. The molecule has 1 nitrogen and oxygen atoms in total. The van der Waals surface area contributed by atoms with Gasteiger partial charge in [0, 0.05) is 10.9 Å². The number of aliphatic hydroxyl groups is 1. The maximum absolute atomic E-state index is 9.88. The summed E-state index contributed by atoms with van der Waals surface area (Å²) in [5, 5.41) is 9.88. The first-order valence-electron chi connectivity index (χ1n) is 5.13. The third kappa shape index (κ3) is 2.18. The van der Waals surface area contributed by atoms with Crippen molar-refractivity contribution in [3.05, 3.63) is 33.8 Å². The Morgan fingerprint density at radius 1 is 1.36 bits per heavy atom. The summed E-state index contributed by atoms with van der Waals surface area (Å²) < 4.78 is 1.11. The first-order valence-corrected chi connectivity index (χ1v) is 5.92. The summed E-state index contributed by atoms with van der Waals surface area (Å²) in [5.41, 5.74) is 2.26. The molecule has 1 fully saturated rings. The predicted molar refractivity (Wildman–Crippen MR) is 61.4 cm³/mol.